The molecule has 10 heteroatoms. The molecule has 2 aromatic heterocycles. The summed E-state index contributed by atoms with van der Waals surface area (Å²) in [7, 11) is 3.52. The van der Waals surface area contributed by atoms with Crippen molar-refractivity contribution in [2.75, 3.05) is 27.1 Å². The Morgan fingerprint density at radius 2 is 1.67 bits per heavy atom. The zero-order chi connectivity index (χ0) is 19.9. The molecule has 3 aromatic rings. The molecule has 1 aromatic carbocycles. The number of carbonyl (C=O) groups excluding carboxylic acids is 3. The summed E-state index contributed by atoms with van der Waals surface area (Å²) in [6.45, 7) is 0. The largest absolute Gasteiger partial charge is 0.505 e. The molecule has 0 fully saturated rings. The lowest BCUT2D eigenvalue weighted by atomic mass is 10.0. The fourth-order valence-corrected chi connectivity index (χ4v) is 2.78. The summed E-state index contributed by atoms with van der Waals surface area (Å²) in [6, 6.07) is 2.52. The van der Waals surface area contributed by atoms with E-state index in [0.717, 1.165) is 0 Å². The number of nitrogens with two attached hydrogens (primary N) is 1. The number of H-pyrrole nitrogens is 1. The van der Waals surface area contributed by atoms with Crippen molar-refractivity contribution in [2.45, 2.75) is 0 Å². The molecule has 0 amide bonds. The minimum atomic E-state index is -0.770. The number of phenols is 1. The predicted octanol–water partition coefficient (Wildman–Crippen LogP) is 1.36. The number of aromatic amines is 1. The van der Waals surface area contributed by atoms with Crippen molar-refractivity contribution in [1.82, 2.24) is 9.97 Å². The van der Waals surface area contributed by atoms with Crippen LogP contribution >= 0.6 is 0 Å². The molecule has 0 atom stereocenters. The number of ether oxygens (including phenoxy) is 3. The van der Waals surface area contributed by atoms with Gasteiger partial charge in [-0.3, -0.25) is 0 Å². The summed E-state index contributed by atoms with van der Waals surface area (Å²) in [5.74, 6) is -2.62. The molecule has 27 heavy (non-hydrogen) atoms. The smallest absolute Gasteiger partial charge is 0.356 e. The Balaban J connectivity index is 2.52. The highest BCUT2D eigenvalue weighted by atomic mass is 16.5. The number of nitrogens with zero attached hydrogens (tertiary/aromatic N) is 1. The quantitative estimate of drug-likeness (QED) is 0.267. The van der Waals surface area contributed by atoms with Crippen LogP contribution in [-0.2, 0) is 14.2 Å². The number of hydrogen-bond donors (Lipinski definition) is 3. The van der Waals surface area contributed by atoms with E-state index in [0.29, 0.717) is 0 Å². The minimum Gasteiger partial charge on any atom is -0.505 e. The second-order valence-electron chi connectivity index (χ2n) is 5.49. The molecule has 0 saturated carbocycles. The minimum absolute atomic E-state index is 0.0436. The van der Waals surface area contributed by atoms with Crippen LogP contribution in [0.4, 0.5) is 5.69 Å². The molecule has 140 valence electrons. The highest BCUT2D eigenvalue weighted by Crippen LogP contribution is 2.40. The first-order valence-corrected chi connectivity index (χ1v) is 7.56. The monoisotopic (exact) mass is 373 g/mol. The number of esters is 3. The normalized spacial score (nSPS) is 10.8. The second-order valence-corrected chi connectivity index (χ2v) is 5.49. The van der Waals surface area contributed by atoms with E-state index in [1.54, 1.807) is 0 Å². The van der Waals surface area contributed by atoms with Crippen LogP contribution < -0.4 is 5.73 Å². The van der Waals surface area contributed by atoms with Crippen LogP contribution in [0.25, 0.3) is 21.8 Å². The van der Waals surface area contributed by atoms with E-state index < -0.39 is 17.9 Å². The first kappa shape index (κ1) is 18.0. The fourth-order valence-electron chi connectivity index (χ4n) is 2.78. The average molecular weight is 373 g/mol. The van der Waals surface area contributed by atoms with Gasteiger partial charge >= 0.3 is 17.9 Å². The summed E-state index contributed by atoms with van der Waals surface area (Å²) in [4.78, 5) is 42.9. The molecule has 0 aliphatic carbocycles. The van der Waals surface area contributed by atoms with E-state index in [1.807, 2.05) is 0 Å². The van der Waals surface area contributed by atoms with Crippen LogP contribution in [0.5, 0.6) is 5.75 Å². The van der Waals surface area contributed by atoms with Crippen molar-refractivity contribution in [2.24, 2.45) is 0 Å². The first-order valence-electron chi connectivity index (χ1n) is 7.56. The van der Waals surface area contributed by atoms with Gasteiger partial charge in [0.05, 0.1) is 43.6 Å². The zero-order valence-electron chi connectivity index (χ0n) is 14.6. The number of methoxy groups -OCH3 is 3. The Bertz CT molecular complexity index is 1120. The van der Waals surface area contributed by atoms with Crippen LogP contribution in [-0.4, -0.2) is 54.3 Å². The predicted molar refractivity (Wildman–Crippen MR) is 93.7 cm³/mol. The van der Waals surface area contributed by atoms with Gasteiger partial charge in [-0.1, -0.05) is 0 Å². The van der Waals surface area contributed by atoms with Crippen molar-refractivity contribution in [3.8, 4) is 5.75 Å². The third-order valence-electron chi connectivity index (χ3n) is 4.06. The van der Waals surface area contributed by atoms with E-state index in [1.165, 1.54) is 33.5 Å². The van der Waals surface area contributed by atoms with Gasteiger partial charge in [0, 0.05) is 10.8 Å². The van der Waals surface area contributed by atoms with Crippen LogP contribution in [0.1, 0.15) is 31.3 Å². The number of aromatic hydroxyl groups is 1. The number of carbonyl (C=O) groups is 3. The second kappa shape index (κ2) is 6.48. The van der Waals surface area contributed by atoms with Crippen LogP contribution in [0.2, 0.25) is 0 Å². The molecule has 0 spiro atoms. The van der Waals surface area contributed by atoms with E-state index >= 15 is 0 Å². The van der Waals surface area contributed by atoms with Gasteiger partial charge in [-0.25, -0.2) is 19.4 Å². The molecule has 0 bridgehead atoms. The van der Waals surface area contributed by atoms with Gasteiger partial charge in [0.1, 0.15) is 17.1 Å². The van der Waals surface area contributed by atoms with Gasteiger partial charge in [-0.2, -0.15) is 0 Å². The Morgan fingerprint density at radius 1 is 1.04 bits per heavy atom. The van der Waals surface area contributed by atoms with Crippen LogP contribution in [0.3, 0.4) is 0 Å². The van der Waals surface area contributed by atoms with Crippen molar-refractivity contribution < 1.29 is 33.7 Å². The standard InChI is InChI=1S/C17H15N3O7/c1-25-15(22)6-4-8(16(23)26-2)20-13-10(6)12-7(14(21)11(13)18)5-9(19-12)17(24)27-3/h4-5,20-21H,18H2,1-3H3. The summed E-state index contributed by atoms with van der Waals surface area (Å²) >= 11 is 0. The maximum Gasteiger partial charge on any atom is 0.356 e. The molecule has 2 heterocycles. The van der Waals surface area contributed by atoms with Crippen molar-refractivity contribution in [3.05, 3.63) is 29.1 Å². The Labute approximate surface area is 151 Å². The molecule has 0 aliphatic heterocycles. The number of rotatable bonds is 3. The number of nitrogens with one attached hydrogen (secondary N) is 1. The van der Waals surface area contributed by atoms with Gasteiger partial charge in [0.25, 0.3) is 0 Å². The SMILES string of the molecule is COC(=O)c1cc2c(O)c(N)c3[nH]c(C(=O)OC)cc(C(=O)OC)c3c2n1. The maximum absolute atomic E-state index is 12.3. The lowest BCUT2D eigenvalue weighted by Crippen LogP contribution is -2.11. The number of fused-ring (bicyclic) bond motifs is 3. The number of pyridine rings is 1. The lowest BCUT2D eigenvalue weighted by molar-refractivity contribution is 0.0583. The average Bonchev–Trinajstić information content (AvgIpc) is 3.14. The summed E-state index contributed by atoms with van der Waals surface area (Å²) in [5, 5.41) is 10.7. The third-order valence-corrected chi connectivity index (χ3v) is 4.06. The molecule has 3 rings (SSSR count). The molecule has 4 N–H and O–H groups in total. The number of benzene rings is 1. The molecule has 0 radical (unpaired) electrons. The van der Waals surface area contributed by atoms with Gasteiger partial charge in [-0.05, 0) is 12.1 Å². The summed E-state index contributed by atoms with van der Waals surface area (Å²) in [6.07, 6.45) is 0. The van der Waals surface area contributed by atoms with Crippen molar-refractivity contribution in [1.29, 1.82) is 0 Å². The van der Waals surface area contributed by atoms with Crippen molar-refractivity contribution >= 4 is 45.4 Å². The van der Waals surface area contributed by atoms with E-state index in [9.17, 15) is 19.5 Å². The van der Waals surface area contributed by atoms with E-state index in [4.69, 9.17) is 10.5 Å². The molecular weight excluding hydrogens is 358 g/mol. The lowest BCUT2D eigenvalue weighted by Gasteiger charge is -2.12. The number of aromatic nitrogens is 2. The number of hydrogen-bond acceptors (Lipinski definition) is 9. The Kier molecular flexibility index (Phi) is 4.32. The highest BCUT2D eigenvalue weighted by Gasteiger charge is 2.25. The molecule has 0 saturated heterocycles. The fraction of sp³-hybridized carbons (Fsp3) is 0.176. The van der Waals surface area contributed by atoms with Gasteiger partial charge in [0.2, 0.25) is 0 Å². The molecule has 0 unspecified atom stereocenters. The molecule has 10 nitrogen and oxygen atoms in total. The Hall–Kier alpha value is -3.82. The topological polar surface area (TPSA) is 154 Å². The molecular formula is C17H15N3O7. The highest BCUT2D eigenvalue weighted by molar-refractivity contribution is 6.21. The maximum atomic E-state index is 12.3. The summed E-state index contributed by atoms with van der Waals surface area (Å²) < 4.78 is 14.1. The zero-order valence-corrected chi connectivity index (χ0v) is 14.6. The van der Waals surface area contributed by atoms with Crippen molar-refractivity contribution in [3.63, 3.8) is 0 Å². The number of nitrogen functional groups attached to an aromatic ring is 1. The van der Waals surface area contributed by atoms with Crippen LogP contribution in [0, 0.1) is 0 Å². The third kappa shape index (κ3) is 2.67. The number of anilines is 1. The Morgan fingerprint density at radius 3 is 2.26 bits per heavy atom. The van der Waals surface area contributed by atoms with E-state index in [-0.39, 0.29) is 50.2 Å². The first-order chi connectivity index (χ1) is 12.8. The van der Waals surface area contributed by atoms with Crippen LogP contribution in [0.15, 0.2) is 12.1 Å². The number of phenolic OH excluding ortho intramolecular Hbond substituents is 1. The molecule has 0 aliphatic rings. The van der Waals surface area contributed by atoms with Gasteiger partial charge in [0.15, 0.2) is 0 Å². The van der Waals surface area contributed by atoms with Gasteiger partial charge < -0.3 is 30.0 Å². The van der Waals surface area contributed by atoms with E-state index in [2.05, 4.69) is 19.4 Å². The summed E-state index contributed by atoms with van der Waals surface area (Å²) in [5.41, 5.74) is 5.82. The van der Waals surface area contributed by atoms with Gasteiger partial charge in [-0.15, -0.1) is 0 Å².